The van der Waals surface area contributed by atoms with Crippen molar-refractivity contribution in [2.45, 2.75) is 13.0 Å². The quantitative estimate of drug-likeness (QED) is 0.440. The van der Waals surface area contributed by atoms with Crippen LogP contribution in [0.15, 0.2) is 56.8 Å². The van der Waals surface area contributed by atoms with Crippen LogP contribution in [0, 0.1) is 0 Å². The molecule has 0 aliphatic heterocycles. The van der Waals surface area contributed by atoms with Crippen LogP contribution in [-0.2, 0) is 13.0 Å². The van der Waals surface area contributed by atoms with Crippen LogP contribution in [-0.4, -0.2) is 40.3 Å². The van der Waals surface area contributed by atoms with Gasteiger partial charge in [0, 0.05) is 12.7 Å². The zero-order valence-corrected chi connectivity index (χ0v) is 17.0. The Morgan fingerprint density at radius 3 is 2.74 bits per heavy atom. The van der Waals surface area contributed by atoms with Crippen molar-refractivity contribution in [3.8, 4) is 11.5 Å². The van der Waals surface area contributed by atoms with Crippen molar-refractivity contribution in [1.82, 2.24) is 19.5 Å². The first-order valence-corrected chi connectivity index (χ1v) is 9.56. The van der Waals surface area contributed by atoms with Gasteiger partial charge in [-0.25, -0.2) is 9.78 Å². The van der Waals surface area contributed by atoms with Gasteiger partial charge in [-0.3, -0.25) is 14.3 Å². The summed E-state index contributed by atoms with van der Waals surface area (Å²) in [6, 6.07) is 9.08. The fourth-order valence-electron chi connectivity index (χ4n) is 3.18. The van der Waals surface area contributed by atoms with Crippen molar-refractivity contribution in [3.63, 3.8) is 0 Å². The molecule has 0 saturated carbocycles. The van der Waals surface area contributed by atoms with Crippen LogP contribution in [0.4, 0.5) is 5.95 Å². The first kappa shape index (κ1) is 20.2. The van der Waals surface area contributed by atoms with Gasteiger partial charge in [-0.1, -0.05) is 6.07 Å². The second-order valence-corrected chi connectivity index (χ2v) is 6.72. The van der Waals surface area contributed by atoms with Gasteiger partial charge in [0.05, 0.1) is 27.0 Å². The van der Waals surface area contributed by atoms with Crippen LogP contribution in [0.3, 0.4) is 0 Å². The molecule has 0 radical (unpaired) electrons. The lowest BCUT2D eigenvalue weighted by molar-refractivity contribution is 0.354. The maximum Gasteiger partial charge on any atom is 0.330 e. The third-order valence-corrected chi connectivity index (χ3v) is 4.77. The van der Waals surface area contributed by atoms with Crippen LogP contribution in [0.25, 0.3) is 11.0 Å². The Labute approximate surface area is 176 Å². The first-order chi connectivity index (χ1) is 15.1. The summed E-state index contributed by atoms with van der Waals surface area (Å²) in [6.07, 6.45) is 3.57. The number of ether oxygens (including phenoxy) is 2. The molecule has 4 aromatic rings. The van der Waals surface area contributed by atoms with E-state index in [1.165, 1.54) is 12.5 Å². The SMILES string of the molecule is COc1ccc(CCNc2ncc3c(=O)n(Cc4ccco4)c(=O)[nH]c3n2)cc1OC. The fourth-order valence-corrected chi connectivity index (χ4v) is 3.18. The average molecular weight is 423 g/mol. The third kappa shape index (κ3) is 4.27. The molecule has 4 rings (SSSR count). The van der Waals surface area contributed by atoms with Gasteiger partial charge in [0.15, 0.2) is 17.1 Å². The number of benzene rings is 1. The van der Waals surface area contributed by atoms with E-state index in [1.54, 1.807) is 26.4 Å². The molecule has 0 aliphatic carbocycles. The Morgan fingerprint density at radius 2 is 2.00 bits per heavy atom. The van der Waals surface area contributed by atoms with Gasteiger partial charge in [-0.15, -0.1) is 0 Å². The van der Waals surface area contributed by atoms with Crippen molar-refractivity contribution in [3.05, 3.63) is 75.0 Å². The molecule has 3 aromatic heterocycles. The van der Waals surface area contributed by atoms with Gasteiger partial charge in [0.1, 0.15) is 11.1 Å². The minimum absolute atomic E-state index is 0.0302. The van der Waals surface area contributed by atoms with E-state index in [0.717, 1.165) is 10.1 Å². The van der Waals surface area contributed by atoms with Crippen LogP contribution in [0.2, 0.25) is 0 Å². The normalized spacial score (nSPS) is 10.9. The van der Waals surface area contributed by atoms with Gasteiger partial charge >= 0.3 is 5.69 Å². The van der Waals surface area contributed by atoms with Gasteiger partial charge in [-0.05, 0) is 36.2 Å². The third-order valence-electron chi connectivity index (χ3n) is 4.77. The maximum atomic E-state index is 12.7. The summed E-state index contributed by atoms with van der Waals surface area (Å²) < 4.78 is 16.8. The molecule has 1 aromatic carbocycles. The summed E-state index contributed by atoms with van der Waals surface area (Å²) in [5.74, 6) is 2.14. The average Bonchev–Trinajstić information content (AvgIpc) is 3.29. The van der Waals surface area contributed by atoms with E-state index in [2.05, 4.69) is 20.3 Å². The maximum absolute atomic E-state index is 12.7. The molecule has 0 fully saturated rings. The zero-order chi connectivity index (χ0) is 21.8. The highest BCUT2D eigenvalue weighted by atomic mass is 16.5. The van der Waals surface area contributed by atoms with Crippen LogP contribution in [0.1, 0.15) is 11.3 Å². The number of anilines is 1. The number of methoxy groups -OCH3 is 2. The van der Waals surface area contributed by atoms with Gasteiger partial charge in [0.25, 0.3) is 5.56 Å². The molecular weight excluding hydrogens is 402 g/mol. The van der Waals surface area contributed by atoms with E-state index in [4.69, 9.17) is 13.9 Å². The summed E-state index contributed by atoms with van der Waals surface area (Å²) >= 11 is 0. The number of rotatable bonds is 8. The predicted molar refractivity (Wildman–Crippen MR) is 114 cm³/mol. The minimum Gasteiger partial charge on any atom is -0.493 e. The van der Waals surface area contributed by atoms with E-state index in [-0.39, 0.29) is 17.6 Å². The second-order valence-electron chi connectivity index (χ2n) is 6.72. The number of fused-ring (bicyclic) bond motifs is 1. The Balaban J connectivity index is 1.49. The molecule has 0 unspecified atom stereocenters. The zero-order valence-electron chi connectivity index (χ0n) is 17.0. The lowest BCUT2D eigenvalue weighted by Crippen LogP contribution is -2.35. The number of aromatic amines is 1. The van der Waals surface area contributed by atoms with E-state index in [0.29, 0.717) is 36.2 Å². The van der Waals surface area contributed by atoms with E-state index in [1.807, 2.05) is 18.2 Å². The van der Waals surface area contributed by atoms with E-state index >= 15 is 0 Å². The summed E-state index contributed by atoms with van der Waals surface area (Å²) in [5.41, 5.74) is 0.172. The Bertz CT molecular complexity index is 1310. The molecule has 160 valence electrons. The van der Waals surface area contributed by atoms with Gasteiger partial charge in [0.2, 0.25) is 5.95 Å². The largest absolute Gasteiger partial charge is 0.493 e. The van der Waals surface area contributed by atoms with E-state index < -0.39 is 11.2 Å². The van der Waals surface area contributed by atoms with Crippen LogP contribution >= 0.6 is 0 Å². The molecular formula is C21H21N5O5. The molecule has 31 heavy (non-hydrogen) atoms. The molecule has 0 aliphatic rings. The van der Waals surface area contributed by atoms with Gasteiger partial charge < -0.3 is 19.2 Å². The second kappa shape index (κ2) is 8.74. The van der Waals surface area contributed by atoms with Crippen molar-refractivity contribution in [2.75, 3.05) is 26.1 Å². The van der Waals surface area contributed by atoms with Crippen molar-refractivity contribution in [2.24, 2.45) is 0 Å². The molecule has 0 bridgehead atoms. The summed E-state index contributed by atoms with van der Waals surface area (Å²) in [5, 5.41) is 3.32. The summed E-state index contributed by atoms with van der Waals surface area (Å²) in [6.45, 7) is 0.573. The molecule has 0 atom stereocenters. The minimum atomic E-state index is -0.566. The molecule has 3 heterocycles. The summed E-state index contributed by atoms with van der Waals surface area (Å²) in [7, 11) is 3.18. The topological polar surface area (TPSA) is 124 Å². The molecule has 2 N–H and O–H groups in total. The highest BCUT2D eigenvalue weighted by Crippen LogP contribution is 2.27. The fraction of sp³-hybridized carbons (Fsp3) is 0.238. The number of hydrogen-bond acceptors (Lipinski definition) is 8. The molecule has 0 saturated heterocycles. The van der Waals surface area contributed by atoms with Crippen LogP contribution in [0.5, 0.6) is 11.5 Å². The van der Waals surface area contributed by atoms with Crippen molar-refractivity contribution < 1.29 is 13.9 Å². The number of nitrogens with zero attached hydrogens (tertiary/aromatic N) is 3. The van der Waals surface area contributed by atoms with E-state index in [9.17, 15) is 9.59 Å². The smallest absolute Gasteiger partial charge is 0.330 e. The molecule has 0 spiro atoms. The predicted octanol–water partition coefficient (Wildman–Crippen LogP) is 1.79. The molecule has 10 heteroatoms. The number of aromatic nitrogens is 4. The number of nitrogens with one attached hydrogen (secondary N) is 2. The van der Waals surface area contributed by atoms with Crippen LogP contribution < -0.4 is 26.0 Å². The molecule has 10 nitrogen and oxygen atoms in total. The lowest BCUT2D eigenvalue weighted by atomic mass is 10.1. The highest BCUT2D eigenvalue weighted by molar-refractivity contribution is 5.73. The number of furan rings is 1. The highest BCUT2D eigenvalue weighted by Gasteiger charge is 2.12. The number of hydrogen-bond donors (Lipinski definition) is 2. The summed E-state index contributed by atoms with van der Waals surface area (Å²) in [4.78, 5) is 36.1. The first-order valence-electron chi connectivity index (χ1n) is 9.56. The van der Waals surface area contributed by atoms with Crippen molar-refractivity contribution in [1.29, 1.82) is 0 Å². The Kier molecular flexibility index (Phi) is 5.69. The lowest BCUT2D eigenvalue weighted by Gasteiger charge is -2.10. The van der Waals surface area contributed by atoms with Crippen molar-refractivity contribution >= 4 is 17.0 Å². The number of H-pyrrole nitrogens is 1. The standard InChI is InChI=1S/C21H21N5O5/c1-29-16-6-5-13(10-17(16)30-2)7-8-22-20-23-11-15-18(24-20)25-21(28)26(19(15)27)12-14-4-3-9-31-14/h3-6,9-11H,7-8,12H2,1-2H3,(H2,22,23,24,25,28). The Morgan fingerprint density at radius 1 is 1.16 bits per heavy atom. The van der Waals surface area contributed by atoms with Gasteiger partial charge in [-0.2, -0.15) is 4.98 Å². The Hall–Kier alpha value is -4.08. The monoisotopic (exact) mass is 423 g/mol. The molecule has 0 amide bonds.